The van der Waals surface area contributed by atoms with Crippen molar-refractivity contribution in [3.63, 3.8) is 0 Å². The van der Waals surface area contributed by atoms with Gasteiger partial charge in [0.05, 0.1) is 10.6 Å². The lowest BCUT2D eigenvalue weighted by Gasteiger charge is -2.15. The molecule has 2 aromatic rings. The largest absolute Gasteiger partial charge is 0.322 e. The average Bonchev–Trinajstić information content (AvgIpc) is 3.00. The smallest absolute Gasteiger partial charge is 0.257 e. The Kier molecular flexibility index (Phi) is 5.21. The summed E-state index contributed by atoms with van der Waals surface area (Å²) in [7, 11) is 0. The topological polar surface area (TPSA) is 32.3 Å². The fourth-order valence-corrected chi connectivity index (χ4v) is 3.31. The Morgan fingerprint density at radius 1 is 1.09 bits per heavy atom. The Morgan fingerprint density at radius 2 is 1.87 bits per heavy atom. The highest BCUT2D eigenvalue weighted by molar-refractivity contribution is 6.37. The van der Waals surface area contributed by atoms with Crippen molar-refractivity contribution in [3.05, 3.63) is 63.6 Å². The summed E-state index contributed by atoms with van der Waals surface area (Å²) in [5.41, 5.74) is 2.39. The molecule has 0 aromatic heterocycles. The van der Waals surface area contributed by atoms with Gasteiger partial charge < -0.3 is 5.32 Å². The molecule has 1 fully saturated rings. The number of benzene rings is 2. The number of halogens is 2. The van der Waals surface area contributed by atoms with E-state index in [1.807, 2.05) is 18.2 Å². The summed E-state index contributed by atoms with van der Waals surface area (Å²) in [5, 5.41) is 3.76. The van der Waals surface area contributed by atoms with Crippen molar-refractivity contribution in [3.8, 4) is 0 Å². The molecule has 3 rings (SSSR count). The van der Waals surface area contributed by atoms with Crippen molar-refractivity contribution in [2.75, 3.05) is 18.4 Å². The van der Waals surface area contributed by atoms with Crippen molar-refractivity contribution in [1.82, 2.24) is 4.90 Å². The van der Waals surface area contributed by atoms with Crippen molar-refractivity contribution < 1.29 is 4.79 Å². The second-order valence-electron chi connectivity index (χ2n) is 5.76. The summed E-state index contributed by atoms with van der Waals surface area (Å²) in [5.74, 6) is -0.231. The van der Waals surface area contributed by atoms with Gasteiger partial charge >= 0.3 is 0 Å². The Labute approximate surface area is 146 Å². The summed E-state index contributed by atoms with van der Waals surface area (Å²) in [6.07, 6.45) is 2.54. The first kappa shape index (κ1) is 16.3. The summed E-state index contributed by atoms with van der Waals surface area (Å²) < 4.78 is 0. The zero-order chi connectivity index (χ0) is 16.2. The van der Waals surface area contributed by atoms with Crippen LogP contribution in [0, 0.1) is 0 Å². The van der Waals surface area contributed by atoms with Gasteiger partial charge in [-0.15, -0.1) is 0 Å². The van der Waals surface area contributed by atoms with Gasteiger partial charge in [0.1, 0.15) is 0 Å². The van der Waals surface area contributed by atoms with E-state index in [1.165, 1.54) is 18.4 Å². The molecule has 5 heteroatoms. The van der Waals surface area contributed by atoms with Crippen LogP contribution in [-0.2, 0) is 6.54 Å². The van der Waals surface area contributed by atoms with Crippen LogP contribution in [0.2, 0.25) is 10.0 Å². The summed E-state index contributed by atoms with van der Waals surface area (Å²) in [4.78, 5) is 14.8. The van der Waals surface area contributed by atoms with E-state index in [-0.39, 0.29) is 5.91 Å². The predicted molar refractivity (Wildman–Crippen MR) is 95.4 cm³/mol. The van der Waals surface area contributed by atoms with Crippen LogP contribution in [-0.4, -0.2) is 23.9 Å². The Bertz CT molecular complexity index is 712. The molecule has 0 spiro atoms. The third kappa shape index (κ3) is 4.25. The van der Waals surface area contributed by atoms with Crippen LogP contribution in [0.5, 0.6) is 0 Å². The summed E-state index contributed by atoms with van der Waals surface area (Å²) in [6, 6.07) is 12.8. The first-order valence-electron chi connectivity index (χ1n) is 7.69. The fraction of sp³-hybridized carbons (Fsp3) is 0.278. The second-order valence-corrected chi connectivity index (χ2v) is 6.61. The van der Waals surface area contributed by atoms with Gasteiger partial charge in [-0.05, 0) is 61.8 Å². The molecule has 2 aromatic carbocycles. The monoisotopic (exact) mass is 348 g/mol. The number of hydrogen-bond donors (Lipinski definition) is 1. The highest BCUT2D eigenvalue weighted by Crippen LogP contribution is 2.22. The van der Waals surface area contributed by atoms with E-state index >= 15 is 0 Å². The van der Waals surface area contributed by atoms with Crippen LogP contribution in [0.15, 0.2) is 42.5 Å². The minimum atomic E-state index is -0.231. The number of anilines is 1. The number of nitrogens with one attached hydrogen (secondary N) is 1. The van der Waals surface area contributed by atoms with Crippen LogP contribution in [0.25, 0.3) is 0 Å². The van der Waals surface area contributed by atoms with Crippen LogP contribution in [0.3, 0.4) is 0 Å². The van der Waals surface area contributed by atoms with Crippen LogP contribution >= 0.6 is 23.2 Å². The van der Waals surface area contributed by atoms with Crippen LogP contribution < -0.4 is 5.32 Å². The quantitative estimate of drug-likeness (QED) is 0.857. The SMILES string of the molecule is O=C(Nc1cccc(CN2CCCC2)c1)c1ccc(Cl)cc1Cl. The molecular formula is C18H18Cl2N2O. The van der Waals surface area contributed by atoms with Gasteiger partial charge in [-0.1, -0.05) is 35.3 Å². The molecule has 1 amide bonds. The van der Waals surface area contributed by atoms with E-state index < -0.39 is 0 Å². The molecule has 1 saturated heterocycles. The van der Waals surface area contributed by atoms with Gasteiger partial charge in [0.2, 0.25) is 0 Å². The van der Waals surface area contributed by atoms with E-state index in [0.717, 1.165) is 25.3 Å². The van der Waals surface area contributed by atoms with Gasteiger partial charge in [-0.2, -0.15) is 0 Å². The summed E-state index contributed by atoms with van der Waals surface area (Å²) >= 11 is 11.9. The van der Waals surface area contributed by atoms with Crippen LogP contribution in [0.4, 0.5) is 5.69 Å². The normalized spacial score (nSPS) is 14.9. The molecule has 1 heterocycles. The maximum Gasteiger partial charge on any atom is 0.257 e. The molecule has 0 atom stereocenters. The molecule has 120 valence electrons. The van der Waals surface area contributed by atoms with Crippen LogP contribution in [0.1, 0.15) is 28.8 Å². The standard InChI is InChI=1S/C18H18Cl2N2O/c19-14-6-7-16(17(20)11-14)18(23)21-15-5-3-4-13(10-15)12-22-8-1-2-9-22/h3-7,10-11H,1-2,8-9,12H2,(H,21,23). The fourth-order valence-electron chi connectivity index (χ4n) is 2.82. The van der Waals surface area contributed by atoms with E-state index in [1.54, 1.807) is 18.2 Å². The van der Waals surface area contributed by atoms with E-state index in [2.05, 4.69) is 16.3 Å². The lowest BCUT2D eigenvalue weighted by Crippen LogP contribution is -2.18. The van der Waals surface area contributed by atoms with Gasteiger partial charge in [-0.3, -0.25) is 9.69 Å². The molecule has 1 aliphatic heterocycles. The number of carbonyl (C=O) groups is 1. The number of carbonyl (C=O) groups excluding carboxylic acids is 1. The molecule has 0 saturated carbocycles. The first-order valence-corrected chi connectivity index (χ1v) is 8.45. The van der Waals surface area contributed by atoms with Gasteiger partial charge in [0.25, 0.3) is 5.91 Å². The van der Waals surface area contributed by atoms with Crippen molar-refractivity contribution in [2.24, 2.45) is 0 Å². The molecule has 1 aliphatic rings. The minimum Gasteiger partial charge on any atom is -0.322 e. The Balaban J connectivity index is 1.70. The van der Waals surface area contributed by atoms with E-state index in [9.17, 15) is 4.79 Å². The van der Waals surface area contributed by atoms with E-state index in [4.69, 9.17) is 23.2 Å². The molecule has 3 nitrogen and oxygen atoms in total. The van der Waals surface area contributed by atoms with Gasteiger partial charge in [-0.25, -0.2) is 0 Å². The average molecular weight is 349 g/mol. The number of amides is 1. The Hall–Kier alpha value is -1.55. The molecule has 23 heavy (non-hydrogen) atoms. The maximum absolute atomic E-state index is 12.4. The molecule has 0 bridgehead atoms. The van der Waals surface area contributed by atoms with Crippen molar-refractivity contribution in [2.45, 2.75) is 19.4 Å². The summed E-state index contributed by atoms with van der Waals surface area (Å²) in [6.45, 7) is 3.22. The number of likely N-dealkylation sites (tertiary alicyclic amines) is 1. The zero-order valence-electron chi connectivity index (χ0n) is 12.7. The molecule has 1 N–H and O–H groups in total. The molecular weight excluding hydrogens is 331 g/mol. The highest BCUT2D eigenvalue weighted by Gasteiger charge is 2.13. The number of hydrogen-bond acceptors (Lipinski definition) is 2. The lowest BCUT2D eigenvalue weighted by atomic mass is 10.1. The zero-order valence-corrected chi connectivity index (χ0v) is 14.2. The number of nitrogens with zero attached hydrogens (tertiary/aromatic N) is 1. The highest BCUT2D eigenvalue weighted by atomic mass is 35.5. The lowest BCUT2D eigenvalue weighted by molar-refractivity contribution is 0.102. The maximum atomic E-state index is 12.4. The molecule has 0 radical (unpaired) electrons. The minimum absolute atomic E-state index is 0.231. The Morgan fingerprint density at radius 3 is 2.61 bits per heavy atom. The number of rotatable bonds is 4. The molecule has 0 unspecified atom stereocenters. The second kappa shape index (κ2) is 7.35. The van der Waals surface area contributed by atoms with Gasteiger partial charge in [0.15, 0.2) is 0 Å². The molecule has 0 aliphatic carbocycles. The van der Waals surface area contributed by atoms with E-state index in [0.29, 0.717) is 15.6 Å². The predicted octanol–water partition coefficient (Wildman–Crippen LogP) is 4.84. The van der Waals surface area contributed by atoms with Gasteiger partial charge in [0, 0.05) is 17.3 Å². The van der Waals surface area contributed by atoms with Crippen molar-refractivity contribution >= 4 is 34.8 Å². The first-order chi connectivity index (χ1) is 11.1. The third-order valence-corrected chi connectivity index (χ3v) is 4.51. The third-order valence-electron chi connectivity index (χ3n) is 3.97. The van der Waals surface area contributed by atoms with Crippen molar-refractivity contribution in [1.29, 1.82) is 0 Å².